The smallest absolute Gasteiger partial charge is 0.267 e. The summed E-state index contributed by atoms with van der Waals surface area (Å²) in [5.41, 5.74) is 5.88. The van der Waals surface area contributed by atoms with Crippen molar-refractivity contribution in [2.45, 2.75) is 19.9 Å². The zero-order valence-corrected chi connectivity index (χ0v) is 15.7. The van der Waals surface area contributed by atoms with Gasteiger partial charge < -0.3 is 15.8 Å². The number of anilines is 1. The fraction of sp³-hybridized carbons (Fsp3) is 0.150. The summed E-state index contributed by atoms with van der Waals surface area (Å²) in [5, 5.41) is 2.92. The minimum atomic E-state index is -0.732. The number of aromatic nitrogens is 3. The minimum Gasteiger partial charge on any atom is -0.439 e. The van der Waals surface area contributed by atoms with Crippen LogP contribution in [0.1, 0.15) is 24.3 Å². The number of nitrogens with zero attached hydrogens (tertiary/aromatic N) is 3. The summed E-state index contributed by atoms with van der Waals surface area (Å²) in [5.74, 6) is -0.0891. The van der Waals surface area contributed by atoms with Crippen molar-refractivity contribution in [3.8, 4) is 23.0 Å². The number of Topliss-reactive ketones (excluding diaryl/α,β-unsaturated/α-hetero) is 1. The van der Waals surface area contributed by atoms with Crippen LogP contribution in [-0.2, 0) is 4.79 Å². The van der Waals surface area contributed by atoms with Gasteiger partial charge in [0.1, 0.15) is 23.1 Å². The average molecular weight is 395 g/mol. The highest BCUT2D eigenvalue weighted by molar-refractivity contribution is 5.92. The van der Waals surface area contributed by atoms with Crippen molar-refractivity contribution in [3.63, 3.8) is 0 Å². The first-order valence-corrected chi connectivity index (χ1v) is 8.67. The Balaban J connectivity index is 1.94. The number of carbonyl (C=O) groups is 2. The van der Waals surface area contributed by atoms with Crippen molar-refractivity contribution in [1.82, 2.24) is 15.0 Å². The second-order valence-electron chi connectivity index (χ2n) is 6.24. The van der Waals surface area contributed by atoms with Crippen molar-refractivity contribution in [1.29, 1.82) is 0 Å². The molecular weight excluding hydrogens is 377 g/mol. The number of carbonyl (C=O) groups excluding carboxylic acids is 2. The zero-order chi connectivity index (χ0) is 21.0. The van der Waals surface area contributed by atoms with Crippen molar-refractivity contribution < 1.29 is 18.7 Å². The molecule has 1 aromatic carbocycles. The fourth-order valence-electron chi connectivity index (χ4n) is 2.33. The highest BCUT2D eigenvalue weighted by Gasteiger charge is 2.14. The van der Waals surface area contributed by atoms with E-state index in [0.29, 0.717) is 11.3 Å². The number of rotatable bonds is 7. The minimum absolute atomic E-state index is 0.00827. The van der Waals surface area contributed by atoms with E-state index >= 15 is 0 Å². The molecular formula is C20H18FN5O3. The second-order valence-corrected chi connectivity index (χ2v) is 6.24. The monoisotopic (exact) mass is 395 g/mol. The first-order chi connectivity index (χ1) is 13.8. The van der Waals surface area contributed by atoms with E-state index < -0.39 is 11.9 Å². The highest BCUT2D eigenvalue weighted by Crippen LogP contribution is 2.25. The molecule has 3 N–H and O–H groups in total. The lowest BCUT2D eigenvalue weighted by Gasteiger charge is -2.13. The lowest BCUT2D eigenvalue weighted by Crippen LogP contribution is -2.25. The summed E-state index contributed by atoms with van der Waals surface area (Å²) < 4.78 is 18.7. The van der Waals surface area contributed by atoms with E-state index in [0.717, 1.165) is 0 Å². The van der Waals surface area contributed by atoms with Gasteiger partial charge in [-0.1, -0.05) is 0 Å². The maximum absolute atomic E-state index is 13.0. The van der Waals surface area contributed by atoms with Crippen LogP contribution in [0.3, 0.4) is 0 Å². The van der Waals surface area contributed by atoms with E-state index in [4.69, 9.17) is 10.5 Å². The van der Waals surface area contributed by atoms with Crippen molar-refractivity contribution in [2.75, 3.05) is 5.32 Å². The van der Waals surface area contributed by atoms with Gasteiger partial charge in [-0.15, -0.1) is 0 Å². The third kappa shape index (κ3) is 5.10. The number of nitrogens with one attached hydrogen (secondary N) is 1. The number of ether oxygens (including phenoxy) is 1. The molecule has 1 amide bonds. The molecule has 0 aliphatic heterocycles. The molecule has 29 heavy (non-hydrogen) atoms. The Morgan fingerprint density at radius 2 is 1.86 bits per heavy atom. The quantitative estimate of drug-likeness (QED) is 0.631. The summed E-state index contributed by atoms with van der Waals surface area (Å²) in [6.45, 7) is 3.12. The van der Waals surface area contributed by atoms with Crippen LogP contribution < -0.4 is 15.8 Å². The number of hydrogen-bond acceptors (Lipinski definition) is 7. The van der Waals surface area contributed by atoms with Gasteiger partial charge in [0.05, 0.1) is 6.04 Å². The van der Waals surface area contributed by atoms with Gasteiger partial charge >= 0.3 is 0 Å². The molecule has 8 nitrogen and oxygen atoms in total. The van der Waals surface area contributed by atoms with Crippen LogP contribution in [0.2, 0.25) is 0 Å². The second kappa shape index (κ2) is 8.42. The molecule has 0 saturated carbocycles. The molecule has 2 aromatic heterocycles. The molecule has 1 atom stereocenters. The van der Waals surface area contributed by atoms with E-state index in [1.165, 1.54) is 43.5 Å². The van der Waals surface area contributed by atoms with Crippen LogP contribution in [0.15, 0.2) is 48.7 Å². The lowest BCUT2D eigenvalue weighted by molar-refractivity contribution is -0.117. The summed E-state index contributed by atoms with van der Waals surface area (Å²) in [4.78, 5) is 35.8. The van der Waals surface area contributed by atoms with Gasteiger partial charge in [0.2, 0.25) is 5.88 Å². The molecule has 0 unspecified atom stereocenters. The zero-order valence-electron chi connectivity index (χ0n) is 15.7. The van der Waals surface area contributed by atoms with Gasteiger partial charge in [-0.3, -0.25) is 9.59 Å². The standard InChI is InChI=1S/C20H18FN5O3/c1-11(12(2)27)24-17-10-16(19(22)28)25-20(26-17)13-7-8-23-18(9-13)29-15-5-3-14(21)4-6-15/h3-11H,1-2H3,(H2,22,28)(H,24,25,26)/t11-/m0/s1. The van der Waals surface area contributed by atoms with Crippen LogP contribution in [0.25, 0.3) is 11.4 Å². The maximum Gasteiger partial charge on any atom is 0.267 e. The number of nitrogens with two attached hydrogens (primary N) is 1. The molecule has 0 bridgehead atoms. The third-order valence-corrected chi connectivity index (χ3v) is 3.98. The van der Waals surface area contributed by atoms with Crippen LogP contribution >= 0.6 is 0 Å². The Labute approximate surface area is 166 Å². The number of benzene rings is 1. The molecule has 0 fully saturated rings. The predicted molar refractivity (Wildman–Crippen MR) is 104 cm³/mol. The first-order valence-electron chi connectivity index (χ1n) is 8.67. The lowest BCUT2D eigenvalue weighted by atomic mass is 10.2. The molecule has 0 aliphatic carbocycles. The van der Waals surface area contributed by atoms with Gasteiger partial charge in [0.25, 0.3) is 5.91 Å². The number of pyridine rings is 1. The van der Waals surface area contributed by atoms with Gasteiger partial charge in [0.15, 0.2) is 11.6 Å². The Morgan fingerprint density at radius 1 is 1.14 bits per heavy atom. The maximum atomic E-state index is 13.0. The average Bonchev–Trinajstić information content (AvgIpc) is 2.69. The molecule has 2 heterocycles. The number of ketones is 1. The van der Waals surface area contributed by atoms with Crippen molar-refractivity contribution >= 4 is 17.5 Å². The Morgan fingerprint density at radius 3 is 2.52 bits per heavy atom. The van der Waals surface area contributed by atoms with Crippen molar-refractivity contribution in [3.05, 3.63) is 60.2 Å². The topological polar surface area (TPSA) is 120 Å². The molecule has 3 rings (SSSR count). The Kier molecular flexibility index (Phi) is 5.77. The van der Waals surface area contributed by atoms with Crippen LogP contribution in [0.5, 0.6) is 11.6 Å². The van der Waals surface area contributed by atoms with Crippen LogP contribution in [0.4, 0.5) is 10.2 Å². The molecule has 9 heteroatoms. The third-order valence-electron chi connectivity index (χ3n) is 3.98. The van der Waals surface area contributed by atoms with E-state index in [-0.39, 0.29) is 34.8 Å². The van der Waals surface area contributed by atoms with Gasteiger partial charge in [-0.25, -0.2) is 19.3 Å². The van der Waals surface area contributed by atoms with Crippen molar-refractivity contribution in [2.24, 2.45) is 5.73 Å². The van der Waals surface area contributed by atoms with E-state index in [9.17, 15) is 14.0 Å². The van der Waals surface area contributed by atoms with E-state index in [2.05, 4.69) is 20.3 Å². The molecule has 0 spiro atoms. The van der Waals surface area contributed by atoms with Gasteiger partial charge in [-0.05, 0) is 44.2 Å². The fourth-order valence-corrected chi connectivity index (χ4v) is 2.33. The SMILES string of the molecule is CC(=O)[C@H](C)Nc1cc(C(N)=O)nc(-c2ccnc(Oc3ccc(F)cc3)c2)n1. The summed E-state index contributed by atoms with van der Waals surface area (Å²) in [6.07, 6.45) is 1.49. The number of amides is 1. The Bertz CT molecular complexity index is 1060. The van der Waals surface area contributed by atoms with Crippen LogP contribution in [0, 0.1) is 5.82 Å². The molecule has 0 aliphatic rings. The first kappa shape index (κ1) is 19.9. The molecule has 3 aromatic rings. The van der Waals surface area contributed by atoms with Gasteiger partial charge in [-0.2, -0.15) is 0 Å². The molecule has 0 radical (unpaired) electrons. The van der Waals surface area contributed by atoms with E-state index in [1.807, 2.05) is 0 Å². The summed E-state index contributed by atoms with van der Waals surface area (Å²) >= 11 is 0. The van der Waals surface area contributed by atoms with E-state index in [1.54, 1.807) is 19.1 Å². The molecule has 0 saturated heterocycles. The number of halogens is 1. The molecule has 148 valence electrons. The predicted octanol–water partition coefficient (Wildman–Crippen LogP) is 2.96. The largest absolute Gasteiger partial charge is 0.439 e. The normalized spacial score (nSPS) is 11.6. The summed E-state index contributed by atoms with van der Waals surface area (Å²) in [6, 6.07) is 9.56. The Hall–Kier alpha value is -3.88. The number of primary amides is 1. The highest BCUT2D eigenvalue weighted by atomic mass is 19.1. The van der Waals surface area contributed by atoms with Crippen LogP contribution in [-0.4, -0.2) is 32.7 Å². The van der Waals surface area contributed by atoms with Gasteiger partial charge in [0, 0.05) is 23.9 Å². The number of hydrogen-bond donors (Lipinski definition) is 2. The summed E-state index contributed by atoms with van der Waals surface area (Å²) in [7, 11) is 0.